The molecule has 0 bridgehead atoms. The van der Waals surface area contributed by atoms with Crippen molar-refractivity contribution in [3.05, 3.63) is 65.7 Å². The second kappa shape index (κ2) is 9.09. The Balaban J connectivity index is 1.62. The third-order valence-corrected chi connectivity index (χ3v) is 6.20. The summed E-state index contributed by atoms with van der Waals surface area (Å²) in [7, 11) is 0. The molecule has 142 valence electrons. The number of aliphatic carboxylic acids is 1. The van der Waals surface area contributed by atoms with E-state index in [9.17, 15) is 9.59 Å². The summed E-state index contributed by atoms with van der Waals surface area (Å²) in [6.07, 6.45) is 3.06. The molecule has 0 saturated carbocycles. The van der Waals surface area contributed by atoms with Gasteiger partial charge < -0.3 is 10.0 Å². The van der Waals surface area contributed by atoms with Gasteiger partial charge in [0.2, 0.25) is 0 Å². The predicted molar refractivity (Wildman–Crippen MR) is 108 cm³/mol. The van der Waals surface area contributed by atoms with Crippen LogP contribution in [0, 0.1) is 5.92 Å². The largest absolute Gasteiger partial charge is 0.480 e. The molecule has 27 heavy (non-hydrogen) atoms. The van der Waals surface area contributed by atoms with Crippen LogP contribution in [0.3, 0.4) is 0 Å². The van der Waals surface area contributed by atoms with Crippen molar-refractivity contribution in [2.75, 3.05) is 13.1 Å². The van der Waals surface area contributed by atoms with E-state index in [4.69, 9.17) is 5.11 Å². The lowest BCUT2D eigenvalue weighted by atomic mass is 9.90. The number of hydrogen-bond acceptors (Lipinski definition) is 3. The number of likely N-dealkylation sites (tertiary alicyclic amines) is 1. The minimum Gasteiger partial charge on any atom is -0.480 e. The monoisotopic (exact) mass is 383 g/mol. The quantitative estimate of drug-likeness (QED) is 0.754. The molecule has 1 saturated heterocycles. The van der Waals surface area contributed by atoms with Gasteiger partial charge in [0, 0.05) is 18.0 Å². The van der Waals surface area contributed by atoms with Crippen LogP contribution >= 0.6 is 11.8 Å². The number of hydrogen-bond donors (Lipinski definition) is 1. The zero-order valence-electron chi connectivity index (χ0n) is 15.5. The SMILES string of the molecule is CC(Sc1ccccc1C(=O)N1CCC(Cc2ccccc2)CC1)C(=O)O. The van der Waals surface area contributed by atoms with Crippen LogP contribution in [-0.2, 0) is 11.2 Å². The lowest BCUT2D eigenvalue weighted by molar-refractivity contribution is -0.136. The van der Waals surface area contributed by atoms with Crippen LogP contribution in [0.15, 0.2) is 59.5 Å². The molecule has 4 nitrogen and oxygen atoms in total. The highest BCUT2D eigenvalue weighted by molar-refractivity contribution is 8.00. The molecule has 0 aromatic heterocycles. The van der Waals surface area contributed by atoms with Crippen LogP contribution < -0.4 is 0 Å². The van der Waals surface area contributed by atoms with Gasteiger partial charge in [-0.3, -0.25) is 9.59 Å². The molecular formula is C22H25NO3S. The first-order valence-corrected chi connectivity index (χ1v) is 10.2. The summed E-state index contributed by atoms with van der Waals surface area (Å²) in [6.45, 7) is 3.15. The summed E-state index contributed by atoms with van der Waals surface area (Å²) in [5.41, 5.74) is 1.96. The number of carbonyl (C=O) groups excluding carboxylic acids is 1. The van der Waals surface area contributed by atoms with E-state index in [1.807, 2.05) is 29.2 Å². The van der Waals surface area contributed by atoms with Crippen molar-refractivity contribution in [3.8, 4) is 0 Å². The van der Waals surface area contributed by atoms with Crippen LogP contribution in [0.2, 0.25) is 0 Å². The lowest BCUT2D eigenvalue weighted by Crippen LogP contribution is -2.39. The fraction of sp³-hybridized carbons (Fsp3) is 0.364. The zero-order valence-corrected chi connectivity index (χ0v) is 16.3. The molecule has 1 N–H and O–H groups in total. The van der Waals surface area contributed by atoms with Crippen LogP contribution in [0.5, 0.6) is 0 Å². The Morgan fingerprint density at radius 1 is 1.07 bits per heavy atom. The van der Waals surface area contributed by atoms with Crippen LogP contribution in [-0.4, -0.2) is 40.2 Å². The zero-order chi connectivity index (χ0) is 19.2. The Bertz CT molecular complexity index is 785. The average Bonchev–Trinajstić information content (AvgIpc) is 2.69. The van der Waals surface area contributed by atoms with Crippen molar-refractivity contribution in [1.82, 2.24) is 4.90 Å². The van der Waals surface area contributed by atoms with E-state index in [2.05, 4.69) is 24.3 Å². The Hall–Kier alpha value is -2.27. The van der Waals surface area contributed by atoms with Gasteiger partial charge in [-0.15, -0.1) is 11.8 Å². The summed E-state index contributed by atoms with van der Waals surface area (Å²) in [4.78, 5) is 26.8. The molecule has 1 amide bonds. The second-order valence-corrected chi connectivity index (χ2v) is 8.40. The fourth-order valence-electron chi connectivity index (χ4n) is 3.44. The van der Waals surface area contributed by atoms with E-state index in [1.165, 1.54) is 17.3 Å². The molecule has 1 fully saturated rings. The molecule has 1 aliphatic heterocycles. The average molecular weight is 384 g/mol. The second-order valence-electron chi connectivity index (χ2n) is 7.02. The van der Waals surface area contributed by atoms with Gasteiger partial charge in [0.05, 0.1) is 5.56 Å². The molecular weight excluding hydrogens is 358 g/mol. The number of amides is 1. The van der Waals surface area contributed by atoms with Crippen molar-refractivity contribution in [1.29, 1.82) is 0 Å². The molecule has 5 heteroatoms. The number of carboxylic acids is 1. The molecule has 1 unspecified atom stereocenters. The maximum atomic E-state index is 13.0. The fourth-order valence-corrected chi connectivity index (χ4v) is 4.37. The van der Waals surface area contributed by atoms with E-state index in [0.717, 1.165) is 37.2 Å². The van der Waals surface area contributed by atoms with Gasteiger partial charge in [0.1, 0.15) is 5.25 Å². The van der Waals surface area contributed by atoms with E-state index in [-0.39, 0.29) is 5.91 Å². The van der Waals surface area contributed by atoms with Crippen LogP contribution in [0.4, 0.5) is 0 Å². The van der Waals surface area contributed by atoms with Gasteiger partial charge >= 0.3 is 5.97 Å². The number of rotatable bonds is 6. The first-order valence-electron chi connectivity index (χ1n) is 9.36. The molecule has 3 rings (SSSR count). The van der Waals surface area contributed by atoms with Gasteiger partial charge in [0.25, 0.3) is 5.91 Å². The predicted octanol–water partition coefficient (Wildman–Crippen LogP) is 4.35. The van der Waals surface area contributed by atoms with E-state index in [0.29, 0.717) is 11.5 Å². The van der Waals surface area contributed by atoms with Gasteiger partial charge in [-0.2, -0.15) is 0 Å². The summed E-state index contributed by atoms with van der Waals surface area (Å²) in [6, 6.07) is 17.8. The van der Waals surface area contributed by atoms with Crippen LogP contribution in [0.1, 0.15) is 35.7 Å². The minimum absolute atomic E-state index is 0.00819. The molecule has 1 heterocycles. The van der Waals surface area contributed by atoms with Gasteiger partial charge in [-0.1, -0.05) is 42.5 Å². The summed E-state index contributed by atoms with van der Waals surface area (Å²) >= 11 is 1.23. The summed E-state index contributed by atoms with van der Waals surface area (Å²) in [5.74, 6) is -0.258. The third-order valence-electron chi connectivity index (χ3n) is 5.04. The Morgan fingerprint density at radius 3 is 2.37 bits per heavy atom. The number of carboxylic acid groups (broad SMARTS) is 1. The highest BCUT2D eigenvalue weighted by Crippen LogP contribution is 2.29. The maximum absolute atomic E-state index is 13.0. The third kappa shape index (κ3) is 5.13. The first kappa shape index (κ1) is 19.5. The van der Waals surface area contributed by atoms with Crippen molar-refractivity contribution in [2.45, 2.75) is 36.3 Å². The van der Waals surface area contributed by atoms with Crippen molar-refractivity contribution in [3.63, 3.8) is 0 Å². The topological polar surface area (TPSA) is 57.6 Å². The summed E-state index contributed by atoms with van der Waals surface area (Å²) < 4.78 is 0. The van der Waals surface area contributed by atoms with Gasteiger partial charge in [-0.25, -0.2) is 0 Å². The van der Waals surface area contributed by atoms with Crippen molar-refractivity contribution < 1.29 is 14.7 Å². The summed E-state index contributed by atoms with van der Waals surface area (Å²) in [5, 5.41) is 8.57. The molecule has 0 spiro atoms. The molecule has 2 aromatic carbocycles. The van der Waals surface area contributed by atoms with Crippen molar-refractivity contribution in [2.24, 2.45) is 5.92 Å². The standard InChI is InChI=1S/C22H25NO3S/c1-16(22(25)26)27-20-10-6-5-9-19(20)21(24)23-13-11-18(12-14-23)15-17-7-3-2-4-8-17/h2-10,16,18H,11-15H2,1H3,(H,25,26). The number of nitrogens with zero attached hydrogens (tertiary/aromatic N) is 1. The Kier molecular flexibility index (Phi) is 6.56. The van der Waals surface area contributed by atoms with E-state index < -0.39 is 11.2 Å². The van der Waals surface area contributed by atoms with Gasteiger partial charge in [-0.05, 0) is 49.8 Å². The van der Waals surface area contributed by atoms with Crippen LogP contribution in [0.25, 0.3) is 0 Å². The van der Waals surface area contributed by atoms with E-state index >= 15 is 0 Å². The minimum atomic E-state index is -0.871. The maximum Gasteiger partial charge on any atom is 0.316 e. The normalized spacial score (nSPS) is 16.1. The first-order chi connectivity index (χ1) is 13.0. The highest BCUT2D eigenvalue weighted by atomic mass is 32.2. The molecule has 0 aliphatic carbocycles. The molecule has 1 atom stereocenters. The van der Waals surface area contributed by atoms with Crippen molar-refractivity contribution >= 4 is 23.6 Å². The number of piperidine rings is 1. The van der Waals surface area contributed by atoms with Gasteiger partial charge in [0.15, 0.2) is 0 Å². The Morgan fingerprint density at radius 2 is 1.70 bits per heavy atom. The molecule has 1 aliphatic rings. The Labute approximate surface area is 164 Å². The lowest BCUT2D eigenvalue weighted by Gasteiger charge is -2.32. The molecule has 2 aromatic rings. The smallest absolute Gasteiger partial charge is 0.316 e. The highest BCUT2D eigenvalue weighted by Gasteiger charge is 2.26. The van der Waals surface area contributed by atoms with E-state index in [1.54, 1.807) is 13.0 Å². The number of carbonyl (C=O) groups is 2. The number of benzene rings is 2. The molecule has 0 radical (unpaired) electrons. The number of thioether (sulfide) groups is 1.